The fourth-order valence-electron chi connectivity index (χ4n) is 3.94. The van der Waals surface area contributed by atoms with Gasteiger partial charge in [0, 0.05) is 16.8 Å². The summed E-state index contributed by atoms with van der Waals surface area (Å²) >= 11 is 6.45. The number of hydrogen-bond acceptors (Lipinski definition) is 3. The molecule has 0 spiro atoms. The summed E-state index contributed by atoms with van der Waals surface area (Å²) in [7, 11) is 1.65. The Hall–Kier alpha value is -4.09. The van der Waals surface area contributed by atoms with Crippen LogP contribution in [0, 0.1) is 6.92 Å². The van der Waals surface area contributed by atoms with Crippen molar-refractivity contribution < 1.29 is 9.53 Å². The molecule has 0 aliphatic rings. The van der Waals surface area contributed by atoms with Gasteiger partial charge < -0.3 is 15.0 Å². The Bertz CT molecular complexity index is 1470. The van der Waals surface area contributed by atoms with Gasteiger partial charge in [0.1, 0.15) is 11.6 Å². The Morgan fingerprint density at radius 2 is 1.71 bits per heavy atom. The molecular formula is C28H22ClN3O2. The van der Waals surface area contributed by atoms with Crippen LogP contribution in [0.5, 0.6) is 5.75 Å². The number of ether oxygens (including phenoxy) is 1. The highest BCUT2D eigenvalue weighted by Crippen LogP contribution is 2.31. The number of aromatic nitrogens is 2. The Kier molecular flexibility index (Phi) is 5.78. The van der Waals surface area contributed by atoms with Crippen molar-refractivity contribution in [2.75, 3.05) is 12.4 Å². The van der Waals surface area contributed by atoms with E-state index >= 15 is 0 Å². The van der Waals surface area contributed by atoms with Crippen LogP contribution >= 0.6 is 11.6 Å². The largest absolute Gasteiger partial charge is 0.497 e. The molecule has 5 nitrogen and oxygen atoms in total. The van der Waals surface area contributed by atoms with E-state index in [1.54, 1.807) is 19.2 Å². The van der Waals surface area contributed by atoms with E-state index < -0.39 is 0 Å². The predicted octanol–water partition coefficient (Wildman–Crippen LogP) is 7.12. The zero-order valence-corrected chi connectivity index (χ0v) is 19.5. The van der Waals surface area contributed by atoms with Gasteiger partial charge >= 0.3 is 0 Å². The van der Waals surface area contributed by atoms with Gasteiger partial charge in [0.05, 0.1) is 23.2 Å². The van der Waals surface area contributed by atoms with Gasteiger partial charge in [0.2, 0.25) is 0 Å². The first-order valence-corrected chi connectivity index (χ1v) is 11.2. The number of halogens is 1. The minimum Gasteiger partial charge on any atom is -0.497 e. The van der Waals surface area contributed by atoms with Crippen molar-refractivity contribution in [3.8, 4) is 28.3 Å². The van der Waals surface area contributed by atoms with Gasteiger partial charge in [-0.15, -0.1) is 0 Å². The molecule has 0 unspecified atom stereocenters. The van der Waals surface area contributed by atoms with E-state index in [4.69, 9.17) is 16.3 Å². The Morgan fingerprint density at radius 3 is 2.44 bits per heavy atom. The lowest BCUT2D eigenvalue weighted by Gasteiger charge is -2.11. The van der Waals surface area contributed by atoms with Crippen LogP contribution in [0.3, 0.4) is 0 Å². The van der Waals surface area contributed by atoms with Crippen LogP contribution in [0.15, 0.2) is 84.9 Å². The number of amides is 1. The first-order chi connectivity index (χ1) is 16.5. The van der Waals surface area contributed by atoms with Crippen LogP contribution in [-0.2, 0) is 0 Å². The number of anilines is 1. The molecule has 0 saturated carbocycles. The summed E-state index contributed by atoms with van der Waals surface area (Å²) in [4.78, 5) is 21.0. The third kappa shape index (κ3) is 4.26. The van der Waals surface area contributed by atoms with Gasteiger partial charge in [-0.25, -0.2) is 4.98 Å². The number of hydrogen-bond donors (Lipinski definition) is 2. The fourth-order valence-corrected chi connectivity index (χ4v) is 4.15. The van der Waals surface area contributed by atoms with Crippen LogP contribution in [0.25, 0.3) is 33.5 Å². The maximum Gasteiger partial charge on any atom is 0.255 e. The quantitative estimate of drug-likeness (QED) is 0.289. The lowest BCUT2D eigenvalue weighted by molar-refractivity contribution is 0.102. The van der Waals surface area contributed by atoms with E-state index in [0.717, 1.165) is 39.0 Å². The molecule has 1 aromatic heterocycles. The van der Waals surface area contributed by atoms with Crippen molar-refractivity contribution in [1.29, 1.82) is 0 Å². The smallest absolute Gasteiger partial charge is 0.255 e. The van der Waals surface area contributed by atoms with E-state index in [1.807, 2.05) is 79.7 Å². The standard InChI is InChI=1S/C28H22ClN3O2/c1-17-15-19(18-7-11-21(34-2)12-8-18)9-13-22(17)28(33)30-20-10-14-24(29)23(16-20)27-31-25-5-3-4-6-26(25)32-27/h3-16H,1-2H3,(H,30,33)(H,31,32). The molecule has 0 saturated heterocycles. The van der Waals surface area contributed by atoms with E-state index in [9.17, 15) is 4.79 Å². The van der Waals surface area contributed by atoms with Gasteiger partial charge in [-0.2, -0.15) is 0 Å². The molecule has 1 amide bonds. The van der Waals surface area contributed by atoms with Crippen LogP contribution in [0.1, 0.15) is 15.9 Å². The number of carbonyl (C=O) groups is 1. The zero-order valence-electron chi connectivity index (χ0n) is 18.7. The van der Waals surface area contributed by atoms with Gasteiger partial charge in [0.15, 0.2) is 0 Å². The summed E-state index contributed by atoms with van der Waals surface area (Å²) < 4.78 is 5.23. The van der Waals surface area contributed by atoms with Crippen LogP contribution in [0.4, 0.5) is 5.69 Å². The van der Waals surface area contributed by atoms with E-state index in [0.29, 0.717) is 22.1 Å². The summed E-state index contributed by atoms with van der Waals surface area (Å²) in [6.07, 6.45) is 0. The Morgan fingerprint density at radius 1 is 0.941 bits per heavy atom. The molecule has 2 N–H and O–H groups in total. The van der Waals surface area contributed by atoms with Gasteiger partial charge in [-0.05, 0) is 72.1 Å². The molecule has 0 aliphatic heterocycles. The first kappa shape index (κ1) is 21.7. The fraction of sp³-hybridized carbons (Fsp3) is 0.0714. The normalized spacial score (nSPS) is 10.9. The molecule has 168 valence electrons. The van der Waals surface area contributed by atoms with Gasteiger partial charge in [-0.3, -0.25) is 4.79 Å². The minimum atomic E-state index is -0.184. The molecule has 0 bridgehead atoms. The maximum atomic E-state index is 13.1. The second kappa shape index (κ2) is 9.04. The Labute approximate surface area is 202 Å². The van der Waals surface area contributed by atoms with E-state index in [1.165, 1.54) is 0 Å². The first-order valence-electron chi connectivity index (χ1n) is 10.8. The third-order valence-corrected chi connectivity index (χ3v) is 6.09. The number of nitrogens with one attached hydrogen (secondary N) is 2. The molecule has 6 heteroatoms. The second-order valence-electron chi connectivity index (χ2n) is 8.01. The molecular weight excluding hydrogens is 446 g/mol. The molecule has 0 radical (unpaired) electrons. The summed E-state index contributed by atoms with van der Waals surface area (Å²) in [6, 6.07) is 26.8. The number of aromatic amines is 1. The molecule has 34 heavy (non-hydrogen) atoms. The van der Waals surface area contributed by atoms with Crippen molar-refractivity contribution in [2.24, 2.45) is 0 Å². The second-order valence-corrected chi connectivity index (χ2v) is 8.42. The highest BCUT2D eigenvalue weighted by atomic mass is 35.5. The number of nitrogens with zero attached hydrogens (tertiary/aromatic N) is 1. The number of aryl methyl sites for hydroxylation is 1. The van der Waals surface area contributed by atoms with Crippen LogP contribution in [0.2, 0.25) is 5.02 Å². The molecule has 1 heterocycles. The molecule has 4 aromatic carbocycles. The highest BCUT2D eigenvalue weighted by molar-refractivity contribution is 6.33. The van der Waals surface area contributed by atoms with Crippen molar-refractivity contribution in [3.63, 3.8) is 0 Å². The number of para-hydroxylation sites is 2. The molecule has 5 rings (SSSR count). The lowest BCUT2D eigenvalue weighted by Crippen LogP contribution is -2.13. The van der Waals surface area contributed by atoms with Crippen molar-refractivity contribution >= 4 is 34.2 Å². The SMILES string of the molecule is COc1ccc(-c2ccc(C(=O)Nc3ccc(Cl)c(-c4nc5ccccc5[nH]4)c3)c(C)c2)cc1. The van der Waals surface area contributed by atoms with Crippen LogP contribution in [-0.4, -0.2) is 23.0 Å². The van der Waals surface area contributed by atoms with Crippen molar-refractivity contribution in [1.82, 2.24) is 9.97 Å². The summed E-state index contributed by atoms with van der Waals surface area (Å²) in [5.41, 5.74) is 6.74. The maximum absolute atomic E-state index is 13.1. The number of benzene rings is 4. The molecule has 0 aliphatic carbocycles. The lowest BCUT2D eigenvalue weighted by atomic mass is 9.99. The topological polar surface area (TPSA) is 67.0 Å². The molecule has 0 fully saturated rings. The summed E-state index contributed by atoms with van der Waals surface area (Å²) in [5, 5.41) is 3.54. The number of imidazole rings is 1. The minimum absolute atomic E-state index is 0.184. The number of H-pyrrole nitrogens is 1. The average molecular weight is 468 g/mol. The molecule has 5 aromatic rings. The number of rotatable bonds is 5. The monoisotopic (exact) mass is 467 g/mol. The summed E-state index contributed by atoms with van der Waals surface area (Å²) in [5.74, 6) is 1.28. The highest BCUT2D eigenvalue weighted by Gasteiger charge is 2.14. The Balaban J connectivity index is 1.39. The van der Waals surface area contributed by atoms with Crippen molar-refractivity contribution in [3.05, 3.63) is 101 Å². The number of carbonyl (C=O) groups excluding carboxylic acids is 1. The molecule has 0 atom stereocenters. The van der Waals surface area contributed by atoms with Crippen molar-refractivity contribution in [2.45, 2.75) is 6.92 Å². The van der Waals surface area contributed by atoms with Crippen LogP contribution < -0.4 is 10.1 Å². The third-order valence-electron chi connectivity index (χ3n) is 5.76. The van der Waals surface area contributed by atoms with E-state index in [-0.39, 0.29) is 5.91 Å². The zero-order chi connectivity index (χ0) is 23.7. The predicted molar refractivity (Wildman–Crippen MR) is 138 cm³/mol. The number of methoxy groups -OCH3 is 1. The van der Waals surface area contributed by atoms with Gasteiger partial charge in [0.25, 0.3) is 5.91 Å². The van der Waals surface area contributed by atoms with Gasteiger partial charge in [-0.1, -0.05) is 48.0 Å². The number of fused-ring (bicyclic) bond motifs is 1. The van der Waals surface area contributed by atoms with E-state index in [2.05, 4.69) is 15.3 Å². The summed E-state index contributed by atoms with van der Waals surface area (Å²) in [6.45, 7) is 1.93. The average Bonchev–Trinajstić information content (AvgIpc) is 3.29.